The fourth-order valence-corrected chi connectivity index (χ4v) is 2.17. The number of rotatable bonds is 9. The van der Waals surface area contributed by atoms with Crippen molar-refractivity contribution in [2.45, 2.75) is 33.5 Å². The lowest BCUT2D eigenvalue weighted by Gasteiger charge is -2.09. The molecular weight excluding hydrogens is 266 g/mol. The first-order chi connectivity index (χ1) is 10.2. The second-order valence-electron chi connectivity index (χ2n) is 5.61. The summed E-state index contributed by atoms with van der Waals surface area (Å²) in [5.74, 6) is 1.56. The van der Waals surface area contributed by atoms with Gasteiger partial charge >= 0.3 is 0 Å². The largest absolute Gasteiger partial charge is 0.383 e. The van der Waals surface area contributed by atoms with Crippen LogP contribution in [0.25, 0.3) is 0 Å². The normalized spacial score (nSPS) is 11.4. The van der Waals surface area contributed by atoms with E-state index in [1.165, 1.54) is 5.56 Å². The van der Waals surface area contributed by atoms with Gasteiger partial charge in [-0.25, -0.2) is 9.67 Å². The van der Waals surface area contributed by atoms with Crippen LogP contribution in [0.15, 0.2) is 24.8 Å². The molecule has 21 heavy (non-hydrogen) atoms. The van der Waals surface area contributed by atoms with E-state index < -0.39 is 0 Å². The Labute approximate surface area is 126 Å². The third kappa shape index (κ3) is 4.99. The molecule has 2 aromatic heterocycles. The minimum Gasteiger partial charge on any atom is -0.383 e. The minimum absolute atomic E-state index is 0.565. The SMILES string of the molecule is COCCNCc1ccn(Cc2ncnn2CC(C)C)c1. The smallest absolute Gasteiger partial charge is 0.146 e. The standard InChI is InChI=1S/C15H25N5O/c1-13(2)9-20-15(17-12-18-20)11-19-6-4-14(10-19)8-16-5-7-21-3/h4,6,10,12-13,16H,5,7-9,11H2,1-3H3. The molecule has 0 radical (unpaired) electrons. The van der Waals surface area contributed by atoms with Gasteiger partial charge in [0.05, 0.1) is 13.2 Å². The van der Waals surface area contributed by atoms with E-state index in [2.05, 4.69) is 52.3 Å². The lowest BCUT2D eigenvalue weighted by molar-refractivity contribution is 0.199. The lowest BCUT2D eigenvalue weighted by atomic mass is 10.2. The predicted octanol–water partition coefficient (Wildman–Crippen LogP) is 1.52. The Kier molecular flexibility index (Phi) is 5.95. The third-order valence-corrected chi connectivity index (χ3v) is 3.18. The van der Waals surface area contributed by atoms with Crippen molar-refractivity contribution in [3.8, 4) is 0 Å². The van der Waals surface area contributed by atoms with E-state index in [1.807, 2.05) is 4.68 Å². The molecule has 6 nitrogen and oxygen atoms in total. The summed E-state index contributed by atoms with van der Waals surface area (Å²) in [4.78, 5) is 4.36. The van der Waals surface area contributed by atoms with Gasteiger partial charge < -0.3 is 14.6 Å². The molecule has 2 aromatic rings. The topological polar surface area (TPSA) is 56.9 Å². The Morgan fingerprint density at radius 2 is 2.24 bits per heavy atom. The van der Waals surface area contributed by atoms with Crippen LogP contribution in [0.4, 0.5) is 0 Å². The number of hydrogen-bond acceptors (Lipinski definition) is 4. The van der Waals surface area contributed by atoms with E-state index in [4.69, 9.17) is 4.74 Å². The van der Waals surface area contributed by atoms with E-state index in [1.54, 1.807) is 13.4 Å². The molecule has 2 rings (SSSR count). The van der Waals surface area contributed by atoms with Crippen molar-refractivity contribution in [1.29, 1.82) is 0 Å². The zero-order chi connectivity index (χ0) is 15.1. The molecule has 0 unspecified atom stereocenters. The van der Waals surface area contributed by atoms with Crippen LogP contribution in [0.1, 0.15) is 25.2 Å². The van der Waals surface area contributed by atoms with Gasteiger partial charge in [-0.3, -0.25) is 0 Å². The van der Waals surface area contributed by atoms with Crippen molar-refractivity contribution in [3.05, 3.63) is 36.2 Å². The number of ether oxygens (including phenoxy) is 1. The molecule has 0 aliphatic heterocycles. The van der Waals surface area contributed by atoms with Crippen LogP contribution in [-0.2, 0) is 24.4 Å². The Bertz CT molecular complexity index is 532. The van der Waals surface area contributed by atoms with E-state index in [9.17, 15) is 0 Å². The molecule has 0 amide bonds. The molecule has 1 N–H and O–H groups in total. The molecule has 116 valence electrons. The van der Waals surface area contributed by atoms with Gasteiger partial charge in [0.2, 0.25) is 0 Å². The van der Waals surface area contributed by atoms with Gasteiger partial charge in [0.1, 0.15) is 12.2 Å². The van der Waals surface area contributed by atoms with Crippen LogP contribution in [0.5, 0.6) is 0 Å². The molecular formula is C15H25N5O. The highest BCUT2D eigenvalue weighted by Gasteiger charge is 2.07. The van der Waals surface area contributed by atoms with Crippen LogP contribution in [0.3, 0.4) is 0 Å². The van der Waals surface area contributed by atoms with Crippen molar-refractivity contribution in [2.24, 2.45) is 5.92 Å². The first-order valence-corrected chi connectivity index (χ1v) is 7.40. The second-order valence-corrected chi connectivity index (χ2v) is 5.61. The number of methoxy groups -OCH3 is 1. The van der Waals surface area contributed by atoms with Crippen molar-refractivity contribution >= 4 is 0 Å². The maximum atomic E-state index is 5.01. The van der Waals surface area contributed by atoms with Crippen LogP contribution < -0.4 is 5.32 Å². The van der Waals surface area contributed by atoms with E-state index >= 15 is 0 Å². The molecule has 2 heterocycles. The van der Waals surface area contributed by atoms with Gasteiger partial charge in [0.15, 0.2) is 0 Å². The first-order valence-electron chi connectivity index (χ1n) is 7.40. The quantitative estimate of drug-likeness (QED) is 0.712. The Balaban J connectivity index is 1.89. The summed E-state index contributed by atoms with van der Waals surface area (Å²) in [6.45, 7) is 8.49. The van der Waals surface area contributed by atoms with Crippen molar-refractivity contribution in [2.75, 3.05) is 20.3 Å². The molecule has 0 spiro atoms. The van der Waals surface area contributed by atoms with Crippen LogP contribution in [0, 0.1) is 5.92 Å². The zero-order valence-electron chi connectivity index (χ0n) is 13.1. The summed E-state index contributed by atoms with van der Waals surface area (Å²) < 4.78 is 9.15. The van der Waals surface area contributed by atoms with E-state index in [0.717, 1.165) is 38.6 Å². The van der Waals surface area contributed by atoms with Gasteiger partial charge in [-0.2, -0.15) is 5.10 Å². The summed E-state index contributed by atoms with van der Waals surface area (Å²) >= 11 is 0. The third-order valence-electron chi connectivity index (χ3n) is 3.18. The van der Waals surface area contributed by atoms with Gasteiger partial charge in [0, 0.05) is 39.1 Å². The van der Waals surface area contributed by atoms with Crippen LogP contribution in [0.2, 0.25) is 0 Å². The number of aromatic nitrogens is 4. The Hall–Kier alpha value is -1.66. The summed E-state index contributed by atoms with van der Waals surface area (Å²) in [7, 11) is 1.71. The van der Waals surface area contributed by atoms with Crippen molar-refractivity contribution in [3.63, 3.8) is 0 Å². The predicted molar refractivity (Wildman–Crippen MR) is 82.0 cm³/mol. The monoisotopic (exact) mass is 291 g/mol. The molecule has 0 fully saturated rings. The molecule has 0 aliphatic rings. The van der Waals surface area contributed by atoms with E-state index in [0.29, 0.717) is 5.92 Å². The Morgan fingerprint density at radius 1 is 1.38 bits per heavy atom. The maximum Gasteiger partial charge on any atom is 0.146 e. The number of hydrogen-bond donors (Lipinski definition) is 1. The summed E-state index contributed by atoms with van der Waals surface area (Å²) in [6, 6.07) is 2.13. The molecule has 0 saturated carbocycles. The average Bonchev–Trinajstić information content (AvgIpc) is 3.05. The average molecular weight is 291 g/mol. The van der Waals surface area contributed by atoms with Crippen molar-refractivity contribution < 1.29 is 4.74 Å². The summed E-state index contributed by atoms with van der Waals surface area (Å²) in [5.41, 5.74) is 1.26. The maximum absolute atomic E-state index is 5.01. The molecule has 0 aromatic carbocycles. The highest BCUT2D eigenvalue weighted by Crippen LogP contribution is 2.06. The summed E-state index contributed by atoms with van der Waals surface area (Å²) in [5, 5.41) is 7.64. The highest BCUT2D eigenvalue weighted by atomic mass is 16.5. The summed E-state index contributed by atoms with van der Waals surface area (Å²) in [6.07, 6.45) is 5.87. The number of nitrogens with one attached hydrogen (secondary N) is 1. The van der Waals surface area contributed by atoms with Crippen LogP contribution in [-0.4, -0.2) is 39.6 Å². The minimum atomic E-state index is 0.565. The Morgan fingerprint density at radius 3 is 3.00 bits per heavy atom. The second kappa shape index (κ2) is 7.95. The van der Waals surface area contributed by atoms with Gasteiger partial charge in [-0.1, -0.05) is 13.8 Å². The van der Waals surface area contributed by atoms with Gasteiger partial charge in [0.25, 0.3) is 0 Å². The highest BCUT2D eigenvalue weighted by molar-refractivity contribution is 5.11. The fraction of sp³-hybridized carbons (Fsp3) is 0.600. The first kappa shape index (κ1) is 15.7. The molecule has 0 aliphatic carbocycles. The molecule has 0 bridgehead atoms. The van der Waals surface area contributed by atoms with Crippen molar-refractivity contribution in [1.82, 2.24) is 24.6 Å². The lowest BCUT2D eigenvalue weighted by Crippen LogP contribution is -2.18. The van der Waals surface area contributed by atoms with Crippen LogP contribution >= 0.6 is 0 Å². The zero-order valence-corrected chi connectivity index (χ0v) is 13.1. The van der Waals surface area contributed by atoms with Gasteiger partial charge in [-0.05, 0) is 17.5 Å². The number of nitrogens with zero attached hydrogens (tertiary/aromatic N) is 4. The van der Waals surface area contributed by atoms with E-state index in [-0.39, 0.29) is 0 Å². The molecule has 0 saturated heterocycles. The molecule has 6 heteroatoms. The fourth-order valence-electron chi connectivity index (χ4n) is 2.17. The molecule has 0 atom stereocenters. The van der Waals surface area contributed by atoms with Gasteiger partial charge in [-0.15, -0.1) is 0 Å².